The van der Waals surface area contributed by atoms with Crippen LogP contribution >= 0.6 is 27.5 Å². The second kappa shape index (κ2) is 7.88. The predicted octanol–water partition coefficient (Wildman–Crippen LogP) is 3.52. The van der Waals surface area contributed by atoms with Gasteiger partial charge in [-0.2, -0.15) is 0 Å². The first-order chi connectivity index (χ1) is 8.95. The highest BCUT2D eigenvalue weighted by molar-refractivity contribution is 9.10. The molecular weight excluding hydrogens is 328 g/mol. The van der Waals surface area contributed by atoms with Crippen LogP contribution in [0.15, 0.2) is 22.7 Å². The molecule has 1 aromatic carbocycles. The number of rotatable bonds is 6. The van der Waals surface area contributed by atoms with Crippen LogP contribution in [0.3, 0.4) is 0 Å². The highest BCUT2D eigenvalue weighted by Gasteiger charge is 2.15. The van der Waals surface area contributed by atoms with Gasteiger partial charge < -0.3 is 9.80 Å². The Morgan fingerprint density at radius 1 is 1.26 bits per heavy atom. The number of hydrogen-bond acceptors (Lipinski definition) is 2. The monoisotopic (exact) mass is 346 g/mol. The summed E-state index contributed by atoms with van der Waals surface area (Å²) in [5, 5.41) is 0.565. The molecule has 1 aromatic rings. The number of amides is 1. The van der Waals surface area contributed by atoms with E-state index in [0.717, 1.165) is 30.5 Å². The van der Waals surface area contributed by atoms with Crippen LogP contribution in [0.5, 0.6) is 0 Å². The van der Waals surface area contributed by atoms with Gasteiger partial charge in [-0.15, -0.1) is 0 Å². The summed E-state index contributed by atoms with van der Waals surface area (Å²) in [6.07, 6.45) is 0.948. The molecule has 0 spiro atoms. The van der Waals surface area contributed by atoms with Crippen LogP contribution in [0.2, 0.25) is 5.02 Å². The standard InChI is InChI=1S/C14H20BrClN2O/c1-4-7-18(9-8-17(2)3)14(19)11-5-6-12(15)13(16)10-11/h5-6,10H,4,7-9H2,1-3H3. The van der Waals surface area contributed by atoms with Gasteiger partial charge in [-0.3, -0.25) is 4.79 Å². The van der Waals surface area contributed by atoms with Crippen LogP contribution in [-0.4, -0.2) is 49.4 Å². The minimum Gasteiger partial charge on any atom is -0.337 e. The second-order valence-electron chi connectivity index (χ2n) is 4.72. The number of benzene rings is 1. The number of halogens is 2. The fraction of sp³-hybridized carbons (Fsp3) is 0.500. The van der Waals surface area contributed by atoms with E-state index in [1.807, 2.05) is 25.1 Å². The summed E-state index contributed by atoms with van der Waals surface area (Å²) in [6.45, 7) is 4.42. The molecule has 3 nitrogen and oxygen atoms in total. The van der Waals surface area contributed by atoms with E-state index in [-0.39, 0.29) is 5.91 Å². The molecular formula is C14H20BrClN2O. The largest absolute Gasteiger partial charge is 0.337 e. The molecule has 0 bridgehead atoms. The molecule has 0 unspecified atom stereocenters. The van der Waals surface area contributed by atoms with Crippen molar-refractivity contribution in [3.8, 4) is 0 Å². The molecule has 0 N–H and O–H groups in total. The van der Waals surface area contributed by atoms with E-state index in [2.05, 4.69) is 27.8 Å². The second-order valence-corrected chi connectivity index (χ2v) is 5.99. The molecule has 1 amide bonds. The third-order valence-corrected chi connectivity index (χ3v) is 4.00. The van der Waals surface area contributed by atoms with Crippen LogP contribution in [0.25, 0.3) is 0 Å². The van der Waals surface area contributed by atoms with Crippen LogP contribution in [0.4, 0.5) is 0 Å². The number of carbonyl (C=O) groups excluding carboxylic acids is 1. The maximum absolute atomic E-state index is 12.4. The quantitative estimate of drug-likeness (QED) is 0.786. The molecule has 0 aliphatic carbocycles. The summed E-state index contributed by atoms with van der Waals surface area (Å²) >= 11 is 9.37. The Hall–Kier alpha value is -0.580. The average Bonchev–Trinajstić information content (AvgIpc) is 2.36. The Kier molecular flexibility index (Phi) is 6.83. The minimum atomic E-state index is 0.0399. The van der Waals surface area contributed by atoms with Gasteiger partial charge in [0.2, 0.25) is 0 Å². The Labute approximate surface area is 128 Å². The third kappa shape index (κ3) is 5.13. The zero-order chi connectivity index (χ0) is 14.4. The molecule has 0 saturated carbocycles. The Morgan fingerprint density at radius 3 is 2.47 bits per heavy atom. The van der Waals surface area contributed by atoms with Gasteiger partial charge in [0.15, 0.2) is 0 Å². The first kappa shape index (κ1) is 16.5. The van der Waals surface area contributed by atoms with E-state index in [9.17, 15) is 4.79 Å². The lowest BCUT2D eigenvalue weighted by molar-refractivity contribution is 0.0745. The van der Waals surface area contributed by atoms with Crippen LogP contribution in [0, 0.1) is 0 Å². The first-order valence-electron chi connectivity index (χ1n) is 6.34. The maximum Gasteiger partial charge on any atom is 0.253 e. The molecule has 0 radical (unpaired) electrons. The van der Waals surface area contributed by atoms with Crippen LogP contribution in [0.1, 0.15) is 23.7 Å². The first-order valence-corrected chi connectivity index (χ1v) is 7.51. The molecule has 0 aromatic heterocycles. The summed E-state index contributed by atoms with van der Waals surface area (Å²) in [7, 11) is 4.01. The van der Waals surface area contributed by atoms with Gasteiger partial charge in [0.25, 0.3) is 5.91 Å². The molecule has 0 aliphatic heterocycles. The van der Waals surface area contributed by atoms with Crippen molar-refractivity contribution in [1.29, 1.82) is 0 Å². The SMILES string of the molecule is CCCN(CCN(C)C)C(=O)c1ccc(Br)c(Cl)c1. The Balaban J connectivity index is 2.82. The van der Waals surface area contributed by atoms with Gasteiger partial charge in [-0.1, -0.05) is 18.5 Å². The molecule has 0 fully saturated rings. The van der Waals surface area contributed by atoms with Gasteiger partial charge in [-0.05, 0) is 54.6 Å². The van der Waals surface area contributed by atoms with Gasteiger partial charge >= 0.3 is 0 Å². The minimum absolute atomic E-state index is 0.0399. The number of carbonyl (C=O) groups is 1. The van der Waals surface area contributed by atoms with E-state index < -0.39 is 0 Å². The molecule has 0 saturated heterocycles. The van der Waals surface area contributed by atoms with Crippen molar-refractivity contribution in [2.75, 3.05) is 33.7 Å². The number of nitrogens with zero attached hydrogens (tertiary/aromatic N) is 2. The van der Waals surface area contributed by atoms with Crippen molar-refractivity contribution in [3.63, 3.8) is 0 Å². The molecule has 5 heteroatoms. The van der Waals surface area contributed by atoms with E-state index in [1.54, 1.807) is 12.1 Å². The molecule has 1 rings (SSSR count). The molecule has 106 valence electrons. The molecule has 0 aliphatic rings. The normalized spacial score (nSPS) is 10.8. The van der Waals surface area contributed by atoms with Gasteiger partial charge in [0.05, 0.1) is 5.02 Å². The average molecular weight is 348 g/mol. The van der Waals surface area contributed by atoms with E-state index in [1.165, 1.54) is 0 Å². The van der Waals surface area contributed by atoms with Gasteiger partial charge in [0, 0.05) is 29.7 Å². The summed E-state index contributed by atoms with van der Waals surface area (Å²) in [5.74, 6) is 0.0399. The lowest BCUT2D eigenvalue weighted by Gasteiger charge is -2.24. The summed E-state index contributed by atoms with van der Waals surface area (Å²) in [5.41, 5.74) is 0.639. The number of likely N-dealkylation sites (N-methyl/N-ethyl adjacent to an activating group) is 1. The smallest absolute Gasteiger partial charge is 0.253 e. The van der Waals surface area contributed by atoms with Crippen molar-refractivity contribution >= 4 is 33.4 Å². The lowest BCUT2D eigenvalue weighted by atomic mass is 10.2. The Morgan fingerprint density at radius 2 is 1.95 bits per heavy atom. The van der Waals surface area contributed by atoms with Crippen LogP contribution in [-0.2, 0) is 0 Å². The van der Waals surface area contributed by atoms with Crippen molar-refractivity contribution < 1.29 is 4.79 Å². The summed E-state index contributed by atoms with van der Waals surface area (Å²) in [4.78, 5) is 16.4. The molecule has 0 heterocycles. The molecule has 0 atom stereocenters. The van der Waals surface area contributed by atoms with Gasteiger partial charge in [0.1, 0.15) is 0 Å². The van der Waals surface area contributed by atoms with Crippen LogP contribution < -0.4 is 0 Å². The van der Waals surface area contributed by atoms with Crippen molar-refractivity contribution in [3.05, 3.63) is 33.3 Å². The van der Waals surface area contributed by atoms with Gasteiger partial charge in [-0.25, -0.2) is 0 Å². The Bertz CT molecular complexity index is 437. The fourth-order valence-corrected chi connectivity index (χ4v) is 2.14. The third-order valence-electron chi connectivity index (χ3n) is 2.76. The maximum atomic E-state index is 12.4. The fourth-order valence-electron chi connectivity index (χ4n) is 1.72. The lowest BCUT2D eigenvalue weighted by Crippen LogP contribution is -2.37. The highest BCUT2D eigenvalue weighted by Crippen LogP contribution is 2.23. The predicted molar refractivity (Wildman–Crippen MR) is 83.9 cm³/mol. The van der Waals surface area contributed by atoms with E-state index >= 15 is 0 Å². The summed E-state index contributed by atoms with van der Waals surface area (Å²) < 4.78 is 0.807. The molecule has 19 heavy (non-hydrogen) atoms. The zero-order valence-electron chi connectivity index (χ0n) is 11.6. The zero-order valence-corrected chi connectivity index (χ0v) is 14.0. The van der Waals surface area contributed by atoms with E-state index in [4.69, 9.17) is 11.6 Å². The highest BCUT2D eigenvalue weighted by atomic mass is 79.9. The van der Waals surface area contributed by atoms with Crippen molar-refractivity contribution in [2.45, 2.75) is 13.3 Å². The van der Waals surface area contributed by atoms with Crippen molar-refractivity contribution in [2.24, 2.45) is 0 Å². The van der Waals surface area contributed by atoms with Crippen molar-refractivity contribution in [1.82, 2.24) is 9.80 Å². The topological polar surface area (TPSA) is 23.6 Å². The summed E-state index contributed by atoms with van der Waals surface area (Å²) in [6, 6.07) is 5.33. The van der Waals surface area contributed by atoms with E-state index in [0.29, 0.717) is 10.6 Å². The number of hydrogen-bond donors (Lipinski definition) is 0.